The first kappa shape index (κ1) is 11.5. The molecule has 0 radical (unpaired) electrons. The van der Waals surface area contributed by atoms with E-state index in [1.54, 1.807) is 0 Å². The van der Waals surface area contributed by atoms with E-state index in [0.717, 1.165) is 19.3 Å². The zero-order valence-corrected chi connectivity index (χ0v) is 9.12. The van der Waals surface area contributed by atoms with Crippen LogP contribution in [0.25, 0.3) is 0 Å². The van der Waals surface area contributed by atoms with Crippen molar-refractivity contribution in [1.82, 2.24) is 0 Å². The maximum Gasteiger partial charge on any atom is 0.303 e. The maximum atomic E-state index is 10.8. The van der Waals surface area contributed by atoms with Gasteiger partial charge >= 0.3 is 5.97 Å². The zero-order chi connectivity index (χ0) is 10.8. The number of hydrogen-bond donors (Lipinski definition) is 2. The molecule has 3 atom stereocenters. The Morgan fingerprint density at radius 1 is 1.57 bits per heavy atom. The molecule has 0 heterocycles. The highest BCUT2D eigenvalue weighted by Gasteiger charge is 2.42. The van der Waals surface area contributed by atoms with Gasteiger partial charge < -0.3 is 10.8 Å². The van der Waals surface area contributed by atoms with Crippen molar-refractivity contribution in [3.63, 3.8) is 0 Å². The van der Waals surface area contributed by atoms with Crippen LogP contribution >= 0.6 is 0 Å². The number of hydrogen-bond acceptors (Lipinski definition) is 2. The third-order valence-corrected chi connectivity index (χ3v) is 3.74. The van der Waals surface area contributed by atoms with Crippen LogP contribution in [0.4, 0.5) is 0 Å². The van der Waals surface area contributed by atoms with E-state index in [9.17, 15) is 4.79 Å². The van der Waals surface area contributed by atoms with Crippen LogP contribution in [-0.2, 0) is 4.79 Å². The van der Waals surface area contributed by atoms with Gasteiger partial charge in [-0.15, -0.1) is 0 Å². The molecule has 14 heavy (non-hydrogen) atoms. The largest absolute Gasteiger partial charge is 0.481 e. The van der Waals surface area contributed by atoms with Crippen LogP contribution in [0, 0.1) is 17.3 Å². The molecule has 82 valence electrons. The lowest BCUT2D eigenvalue weighted by molar-refractivity contribution is -0.139. The predicted molar refractivity (Wildman–Crippen MR) is 55.9 cm³/mol. The molecule has 1 rings (SSSR count). The topological polar surface area (TPSA) is 63.3 Å². The molecule has 1 saturated carbocycles. The molecule has 3 heteroatoms. The Bertz CT molecular complexity index is 217. The van der Waals surface area contributed by atoms with E-state index in [4.69, 9.17) is 10.8 Å². The highest BCUT2D eigenvalue weighted by Crippen LogP contribution is 2.48. The minimum Gasteiger partial charge on any atom is -0.481 e. The van der Waals surface area contributed by atoms with Crippen LogP contribution in [0.1, 0.15) is 39.5 Å². The minimum atomic E-state index is -0.709. The molecule has 0 spiro atoms. The Labute approximate surface area is 85.7 Å². The molecule has 1 fully saturated rings. The average Bonchev–Trinajstić information content (AvgIpc) is 2.42. The molecule has 0 aromatic rings. The summed E-state index contributed by atoms with van der Waals surface area (Å²) in [5.41, 5.74) is 5.61. The molecule has 0 bridgehead atoms. The van der Waals surface area contributed by atoms with Crippen LogP contribution in [0.2, 0.25) is 0 Å². The van der Waals surface area contributed by atoms with Gasteiger partial charge in [0.1, 0.15) is 0 Å². The molecule has 0 saturated heterocycles. The summed E-state index contributed by atoms with van der Waals surface area (Å²) in [6, 6.07) is 0. The van der Waals surface area contributed by atoms with Crippen LogP contribution in [0.15, 0.2) is 0 Å². The van der Waals surface area contributed by atoms with E-state index < -0.39 is 5.97 Å². The standard InChI is InChI=1S/C11H21NO2/c1-3-9-5-11(7-12,4-8(9)2)6-10(13)14/h8-9H,3-7,12H2,1-2H3,(H,13,14)/t8-,9-,11-/m0/s1. The first-order valence-corrected chi connectivity index (χ1v) is 5.45. The van der Waals surface area contributed by atoms with Crippen molar-refractivity contribution in [1.29, 1.82) is 0 Å². The van der Waals surface area contributed by atoms with Crippen molar-refractivity contribution in [2.45, 2.75) is 39.5 Å². The lowest BCUT2D eigenvalue weighted by atomic mass is 9.81. The maximum absolute atomic E-state index is 10.8. The molecule has 0 unspecified atom stereocenters. The van der Waals surface area contributed by atoms with Gasteiger partial charge in [-0.25, -0.2) is 0 Å². The van der Waals surface area contributed by atoms with Crippen molar-refractivity contribution in [2.24, 2.45) is 23.0 Å². The van der Waals surface area contributed by atoms with E-state index in [0.29, 0.717) is 18.4 Å². The fraction of sp³-hybridized carbons (Fsp3) is 0.909. The van der Waals surface area contributed by atoms with Gasteiger partial charge in [0.05, 0.1) is 6.42 Å². The summed E-state index contributed by atoms with van der Waals surface area (Å²) < 4.78 is 0. The van der Waals surface area contributed by atoms with Gasteiger partial charge in [-0.2, -0.15) is 0 Å². The first-order chi connectivity index (χ1) is 6.53. The molecule has 0 aliphatic heterocycles. The molecule has 0 amide bonds. The minimum absolute atomic E-state index is 0.119. The molecule has 0 aromatic heterocycles. The zero-order valence-electron chi connectivity index (χ0n) is 9.12. The Hall–Kier alpha value is -0.570. The van der Waals surface area contributed by atoms with Crippen LogP contribution in [0.3, 0.4) is 0 Å². The third kappa shape index (κ3) is 2.27. The summed E-state index contributed by atoms with van der Waals surface area (Å²) >= 11 is 0. The van der Waals surface area contributed by atoms with Crippen molar-refractivity contribution in [3.05, 3.63) is 0 Å². The molecule has 1 aliphatic carbocycles. The normalized spacial score (nSPS) is 37.4. The fourth-order valence-corrected chi connectivity index (χ4v) is 2.94. The van der Waals surface area contributed by atoms with Crippen LogP contribution in [-0.4, -0.2) is 17.6 Å². The summed E-state index contributed by atoms with van der Waals surface area (Å²) in [7, 11) is 0. The fourth-order valence-electron chi connectivity index (χ4n) is 2.94. The molecule has 1 aliphatic rings. The second-order valence-electron chi connectivity index (χ2n) is 4.83. The van der Waals surface area contributed by atoms with E-state index in [2.05, 4.69) is 13.8 Å². The monoisotopic (exact) mass is 199 g/mol. The van der Waals surface area contributed by atoms with Gasteiger partial charge in [0.25, 0.3) is 0 Å². The summed E-state index contributed by atoms with van der Waals surface area (Å²) in [6.07, 6.45) is 3.36. The second kappa shape index (κ2) is 4.30. The number of nitrogens with two attached hydrogens (primary N) is 1. The first-order valence-electron chi connectivity index (χ1n) is 5.45. The van der Waals surface area contributed by atoms with E-state index >= 15 is 0 Å². The van der Waals surface area contributed by atoms with Crippen molar-refractivity contribution in [3.8, 4) is 0 Å². The lowest BCUT2D eigenvalue weighted by Crippen LogP contribution is -2.30. The highest BCUT2D eigenvalue weighted by molar-refractivity contribution is 5.67. The van der Waals surface area contributed by atoms with E-state index in [1.165, 1.54) is 0 Å². The van der Waals surface area contributed by atoms with Gasteiger partial charge in [-0.05, 0) is 36.6 Å². The van der Waals surface area contributed by atoms with Gasteiger partial charge in [0, 0.05) is 0 Å². The number of aliphatic carboxylic acids is 1. The van der Waals surface area contributed by atoms with Crippen molar-refractivity contribution < 1.29 is 9.90 Å². The lowest BCUT2D eigenvalue weighted by Gasteiger charge is -2.25. The van der Waals surface area contributed by atoms with Gasteiger partial charge in [-0.1, -0.05) is 20.3 Å². The van der Waals surface area contributed by atoms with Crippen LogP contribution in [0.5, 0.6) is 0 Å². The summed E-state index contributed by atoms with van der Waals surface area (Å²) in [4.78, 5) is 10.8. The quantitative estimate of drug-likeness (QED) is 0.726. The summed E-state index contributed by atoms with van der Waals surface area (Å²) in [5.74, 6) is 0.584. The summed E-state index contributed by atoms with van der Waals surface area (Å²) in [6.45, 7) is 4.90. The highest BCUT2D eigenvalue weighted by atomic mass is 16.4. The van der Waals surface area contributed by atoms with Crippen molar-refractivity contribution >= 4 is 5.97 Å². The Morgan fingerprint density at radius 2 is 2.21 bits per heavy atom. The number of rotatable bonds is 4. The number of carboxylic acid groups (broad SMARTS) is 1. The van der Waals surface area contributed by atoms with Crippen LogP contribution < -0.4 is 5.73 Å². The van der Waals surface area contributed by atoms with Crippen molar-refractivity contribution in [2.75, 3.05) is 6.54 Å². The Morgan fingerprint density at radius 3 is 2.57 bits per heavy atom. The average molecular weight is 199 g/mol. The van der Waals surface area contributed by atoms with E-state index in [1.807, 2.05) is 0 Å². The molecule has 3 nitrogen and oxygen atoms in total. The van der Waals surface area contributed by atoms with Gasteiger partial charge in [0.2, 0.25) is 0 Å². The Kier molecular flexibility index (Phi) is 3.53. The van der Waals surface area contributed by atoms with Gasteiger partial charge in [0.15, 0.2) is 0 Å². The molecule has 3 N–H and O–H groups in total. The molecule has 0 aromatic carbocycles. The Balaban J connectivity index is 2.68. The smallest absolute Gasteiger partial charge is 0.303 e. The second-order valence-corrected chi connectivity index (χ2v) is 4.83. The number of carbonyl (C=O) groups is 1. The summed E-state index contributed by atoms with van der Waals surface area (Å²) in [5, 5.41) is 8.86. The molecular formula is C11H21NO2. The molecular weight excluding hydrogens is 178 g/mol. The number of carboxylic acids is 1. The third-order valence-electron chi connectivity index (χ3n) is 3.74. The van der Waals surface area contributed by atoms with E-state index in [-0.39, 0.29) is 11.8 Å². The van der Waals surface area contributed by atoms with Gasteiger partial charge in [-0.3, -0.25) is 4.79 Å². The SMILES string of the molecule is CC[C@H]1C[C@](CN)(CC(=O)O)C[C@@H]1C. The predicted octanol–water partition coefficient (Wildman–Crippen LogP) is 1.86.